The topological polar surface area (TPSA) is 21.3 Å². The van der Waals surface area contributed by atoms with Gasteiger partial charge in [-0.2, -0.15) is 0 Å². The van der Waals surface area contributed by atoms with Gasteiger partial charge < -0.3 is 10.1 Å². The molecule has 0 aromatic carbocycles. The van der Waals surface area contributed by atoms with Crippen LogP contribution in [0.3, 0.4) is 0 Å². The van der Waals surface area contributed by atoms with Gasteiger partial charge >= 0.3 is 0 Å². The second kappa shape index (κ2) is 4.64. The molecule has 1 unspecified atom stereocenters. The van der Waals surface area contributed by atoms with Crippen LogP contribution in [0.25, 0.3) is 0 Å². The SMILES string of the molecule is CC1(C)CC(NCc2cccs2)CCO1. The third kappa shape index (κ3) is 3.30. The fraction of sp³-hybridized carbons (Fsp3) is 0.667. The Hall–Kier alpha value is -0.380. The van der Waals surface area contributed by atoms with Crippen LogP contribution in [0.2, 0.25) is 0 Å². The van der Waals surface area contributed by atoms with Gasteiger partial charge in [0, 0.05) is 24.1 Å². The Morgan fingerprint density at radius 3 is 3.13 bits per heavy atom. The smallest absolute Gasteiger partial charge is 0.0641 e. The summed E-state index contributed by atoms with van der Waals surface area (Å²) in [5, 5.41) is 5.74. The van der Waals surface area contributed by atoms with Gasteiger partial charge in [-0.1, -0.05) is 6.07 Å². The molecule has 15 heavy (non-hydrogen) atoms. The molecule has 1 atom stereocenters. The first-order valence-electron chi connectivity index (χ1n) is 5.55. The summed E-state index contributed by atoms with van der Waals surface area (Å²) in [4.78, 5) is 1.42. The fourth-order valence-corrected chi connectivity index (χ4v) is 2.72. The van der Waals surface area contributed by atoms with E-state index in [-0.39, 0.29) is 5.60 Å². The second-order valence-corrected chi connectivity index (χ2v) is 5.79. The summed E-state index contributed by atoms with van der Waals surface area (Å²) in [6.07, 6.45) is 2.24. The van der Waals surface area contributed by atoms with E-state index in [1.54, 1.807) is 0 Å². The van der Waals surface area contributed by atoms with E-state index in [2.05, 4.69) is 36.7 Å². The zero-order chi connectivity index (χ0) is 10.7. The van der Waals surface area contributed by atoms with Crippen LogP contribution < -0.4 is 5.32 Å². The molecule has 3 heteroatoms. The quantitative estimate of drug-likeness (QED) is 0.854. The predicted octanol–water partition coefficient (Wildman–Crippen LogP) is 2.80. The van der Waals surface area contributed by atoms with Crippen molar-refractivity contribution in [2.24, 2.45) is 0 Å². The molecule has 0 aliphatic carbocycles. The number of thiophene rings is 1. The Morgan fingerprint density at radius 1 is 1.60 bits per heavy atom. The minimum atomic E-state index is 0.0470. The molecular weight excluding hydrogens is 206 g/mol. The zero-order valence-electron chi connectivity index (χ0n) is 9.45. The molecule has 2 rings (SSSR count). The number of hydrogen-bond acceptors (Lipinski definition) is 3. The Kier molecular flexibility index (Phi) is 3.44. The molecule has 1 fully saturated rings. The molecule has 1 N–H and O–H groups in total. The Balaban J connectivity index is 1.80. The first-order chi connectivity index (χ1) is 7.16. The lowest BCUT2D eigenvalue weighted by Crippen LogP contribution is -2.43. The lowest BCUT2D eigenvalue weighted by Gasteiger charge is -2.35. The zero-order valence-corrected chi connectivity index (χ0v) is 10.3. The lowest BCUT2D eigenvalue weighted by atomic mass is 9.94. The van der Waals surface area contributed by atoms with Crippen molar-refractivity contribution >= 4 is 11.3 Å². The third-order valence-corrected chi connectivity index (χ3v) is 3.72. The molecule has 0 spiro atoms. The van der Waals surface area contributed by atoms with Crippen molar-refractivity contribution in [1.82, 2.24) is 5.32 Å². The van der Waals surface area contributed by atoms with E-state index in [4.69, 9.17) is 4.74 Å². The molecule has 0 saturated carbocycles. The van der Waals surface area contributed by atoms with E-state index >= 15 is 0 Å². The average Bonchev–Trinajstić information content (AvgIpc) is 2.65. The van der Waals surface area contributed by atoms with Gasteiger partial charge in [-0.25, -0.2) is 0 Å². The molecular formula is C12H19NOS. The van der Waals surface area contributed by atoms with Gasteiger partial charge in [-0.15, -0.1) is 11.3 Å². The van der Waals surface area contributed by atoms with Gasteiger partial charge in [0.1, 0.15) is 0 Å². The van der Waals surface area contributed by atoms with E-state index in [0.29, 0.717) is 6.04 Å². The van der Waals surface area contributed by atoms with Gasteiger partial charge in [0.25, 0.3) is 0 Å². The molecule has 0 amide bonds. The molecule has 0 radical (unpaired) electrons. The van der Waals surface area contributed by atoms with Crippen molar-refractivity contribution in [1.29, 1.82) is 0 Å². The summed E-state index contributed by atoms with van der Waals surface area (Å²) in [5.74, 6) is 0. The van der Waals surface area contributed by atoms with Crippen molar-refractivity contribution in [3.63, 3.8) is 0 Å². The van der Waals surface area contributed by atoms with Gasteiger partial charge in [0.2, 0.25) is 0 Å². The van der Waals surface area contributed by atoms with E-state index in [9.17, 15) is 0 Å². The summed E-state index contributed by atoms with van der Waals surface area (Å²) < 4.78 is 5.70. The van der Waals surface area contributed by atoms with Crippen LogP contribution in [0.15, 0.2) is 17.5 Å². The molecule has 2 heterocycles. The average molecular weight is 225 g/mol. The summed E-state index contributed by atoms with van der Waals surface area (Å²) in [6.45, 7) is 6.23. The van der Waals surface area contributed by atoms with Crippen molar-refractivity contribution in [2.75, 3.05) is 6.61 Å². The molecule has 2 nitrogen and oxygen atoms in total. The maximum absolute atomic E-state index is 5.70. The first-order valence-corrected chi connectivity index (χ1v) is 6.43. The highest BCUT2D eigenvalue weighted by Gasteiger charge is 2.28. The van der Waals surface area contributed by atoms with Gasteiger partial charge in [-0.3, -0.25) is 0 Å². The van der Waals surface area contributed by atoms with Gasteiger partial charge in [-0.05, 0) is 38.1 Å². The lowest BCUT2D eigenvalue weighted by molar-refractivity contribution is -0.0630. The van der Waals surface area contributed by atoms with Gasteiger partial charge in [0.05, 0.1) is 5.60 Å². The predicted molar refractivity (Wildman–Crippen MR) is 64.2 cm³/mol. The maximum Gasteiger partial charge on any atom is 0.0641 e. The fourth-order valence-electron chi connectivity index (χ4n) is 2.06. The minimum absolute atomic E-state index is 0.0470. The van der Waals surface area contributed by atoms with E-state index < -0.39 is 0 Å². The molecule has 1 aromatic rings. The van der Waals surface area contributed by atoms with Crippen molar-refractivity contribution in [2.45, 2.75) is 44.9 Å². The van der Waals surface area contributed by atoms with Crippen molar-refractivity contribution in [3.8, 4) is 0 Å². The first kappa shape index (κ1) is 11.1. The Labute approximate surface area is 95.6 Å². The standard InChI is InChI=1S/C12H19NOS/c1-12(2)8-10(5-6-14-12)13-9-11-4-3-7-15-11/h3-4,7,10,13H,5-6,8-9H2,1-2H3. The van der Waals surface area contributed by atoms with Crippen LogP contribution in [0.4, 0.5) is 0 Å². The minimum Gasteiger partial charge on any atom is -0.375 e. The molecule has 84 valence electrons. The highest BCUT2D eigenvalue weighted by Crippen LogP contribution is 2.24. The van der Waals surface area contributed by atoms with Crippen molar-refractivity contribution in [3.05, 3.63) is 22.4 Å². The van der Waals surface area contributed by atoms with E-state index in [1.807, 2.05) is 11.3 Å². The van der Waals surface area contributed by atoms with E-state index in [0.717, 1.165) is 26.0 Å². The highest BCUT2D eigenvalue weighted by atomic mass is 32.1. The normalized spacial score (nSPS) is 25.3. The number of rotatable bonds is 3. The van der Waals surface area contributed by atoms with Crippen LogP contribution in [0, 0.1) is 0 Å². The molecule has 1 aliphatic rings. The number of nitrogens with one attached hydrogen (secondary N) is 1. The van der Waals surface area contributed by atoms with Crippen LogP contribution in [-0.2, 0) is 11.3 Å². The molecule has 0 bridgehead atoms. The second-order valence-electron chi connectivity index (χ2n) is 4.76. The Morgan fingerprint density at radius 2 is 2.47 bits per heavy atom. The largest absolute Gasteiger partial charge is 0.375 e. The molecule has 1 saturated heterocycles. The van der Waals surface area contributed by atoms with Crippen LogP contribution in [-0.4, -0.2) is 18.2 Å². The number of hydrogen-bond donors (Lipinski definition) is 1. The van der Waals surface area contributed by atoms with Crippen LogP contribution >= 0.6 is 11.3 Å². The van der Waals surface area contributed by atoms with Crippen LogP contribution in [0.5, 0.6) is 0 Å². The molecule has 1 aromatic heterocycles. The highest BCUT2D eigenvalue weighted by molar-refractivity contribution is 7.09. The van der Waals surface area contributed by atoms with Crippen molar-refractivity contribution < 1.29 is 4.74 Å². The number of ether oxygens (including phenoxy) is 1. The summed E-state index contributed by atoms with van der Waals surface area (Å²) >= 11 is 1.82. The Bertz CT molecular complexity index is 295. The van der Waals surface area contributed by atoms with Crippen LogP contribution in [0.1, 0.15) is 31.6 Å². The van der Waals surface area contributed by atoms with Gasteiger partial charge in [0.15, 0.2) is 0 Å². The third-order valence-electron chi connectivity index (χ3n) is 2.84. The molecule has 1 aliphatic heterocycles. The monoisotopic (exact) mass is 225 g/mol. The van der Waals surface area contributed by atoms with E-state index in [1.165, 1.54) is 4.88 Å². The summed E-state index contributed by atoms with van der Waals surface area (Å²) in [5.41, 5.74) is 0.0470. The summed E-state index contributed by atoms with van der Waals surface area (Å²) in [6, 6.07) is 4.90. The summed E-state index contributed by atoms with van der Waals surface area (Å²) in [7, 11) is 0. The maximum atomic E-state index is 5.70.